The maximum absolute atomic E-state index is 6.88. The van der Waals surface area contributed by atoms with Crippen molar-refractivity contribution in [3.8, 4) is 22.6 Å². The zero-order chi connectivity index (χ0) is 30.5. The van der Waals surface area contributed by atoms with Gasteiger partial charge in [0.05, 0.1) is 14.2 Å². The lowest BCUT2D eigenvalue weighted by Crippen LogP contribution is -2.26. The van der Waals surface area contributed by atoms with E-state index in [9.17, 15) is 0 Å². The highest BCUT2D eigenvalue weighted by Gasteiger charge is 2.30. The lowest BCUT2D eigenvalue weighted by Gasteiger charge is -2.29. The van der Waals surface area contributed by atoms with E-state index in [1.165, 1.54) is 21.2 Å². The van der Waals surface area contributed by atoms with Crippen LogP contribution in [0.2, 0.25) is 10.0 Å². The minimum atomic E-state index is -1.04. The molecule has 6 aromatic rings. The van der Waals surface area contributed by atoms with Gasteiger partial charge in [0.2, 0.25) is 0 Å². The Morgan fingerprint density at radius 2 is 0.682 bits per heavy atom. The van der Waals surface area contributed by atoms with Crippen LogP contribution in [-0.4, -0.2) is 14.2 Å². The molecule has 6 rings (SSSR count). The molecular weight excluding hydrogens is 621 g/mol. The standard InChI is InChI=1S/C38H30Cl2O2P2/c1-41-33-23-27(39)25-35(43(29-15-7-3-8-16-29)30-17-9-4-10-18-30)37(33)38-34(42-2)24-28(40)26-36(38)44(31-19-11-5-12-20-31)32-21-13-6-14-22-32/h3-26H,1-2H3. The highest BCUT2D eigenvalue weighted by molar-refractivity contribution is 7.80. The van der Waals surface area contributed by atoms with Crippen molar-refractivity contribution in [3.05, 3.63) is 156 Å². The third-order valence-electron chi connectivity index (χ3n) is 7.32. The second kappa shape index (κ2) is 14.0. The average molecular weight is 652 g/mol. The van der Waals surface area contributed by atoms with E-state index >= 15 is 0 Å². The fourth-order valence-electron chi connectivity index (χ4n) is 5.48. The lowest BCUT2D eigenvalue weighted by molar-refractivity contribution is 0.411. The fourth-order valence-corrected chi connectivity index (χ4v) is 11.1. The normalized spacial score (nSPS) is 11.1. The van der Waals surface area contributed by atoms with E-state index in [0.29, 0.717) is 21.5 Å². The van der Waals surface area contributed by atoms with Crippen LogP contribution in [0.5, 0.6) is 11.5 Å². The van der Waals surface area contributed by atoms with E-state index in [4.69, 9.17) is 32.7 Å². The predicted molar refractivity (Wildman–Crippen MR) is 192 cm³/mol. The molecule has 0 aliphatic carbocycles. The third kappa shape index (κ3) is 6.28. The first-order valence-electron chi connectivity index (χ1n) is 14.1. The van der Waals surface area contributed by atoms with Gasteiger partial charge in [0.1, 0.15) is 11.5 Å². The molecule has 0 amide bonds. The molecule has 0 N–H and O–H groups in total. The summed E-state index contributed by atoms with van der Waals surface area (Å²) in [6.07, 6.45) is 0. The van der Waals surface area contributed by atoms with Crippen molar-refractivity contribution in [3.63, 3.8) is 0 Å². The Morgan fingerprint density at radius 3 is 0.932 bits per heavy atom. The van der Waals surface area contributed by atoms with Crippen LogP contribution in [0.4, 0.5) is 0 Å². The molecule has 0 radical (unpaired) electrons. The van der Waals surface area contributed by atoms with E-state index in [1.807, 2.05) is 12.1 Å². The quantitative estimate of drug-likeness (QED) is 0.147. The van der Waals surface area contributed by atoms with Crippen molar-refractivity contribution < 1.29 is 9.47 Å². The summed E-state index contributed by atoms with van der Waals surface area (Å²) < 4.78 is 12.3. The van der Waals surface area contributed by atoms with Crippen molar-refractivity contribution in [1.82, 2.24) is 0 Å². The van der Waals surface area contributed by atoms with Crippen molar-refractivity contribution in [2.75, 3.05) is 14.2 Å². The van der Waals surface area contributed by atoms with E-state index < -0.39 is 15.8 Å². The van der Waals surface area contributed by atoms with Crippen LogP contribution < -0.4 is 41.3 Å². The SMILES string of the molecule is COc1cc(Cl)cc(P(c2ccccc2)c2ccccc2)c1-c1c(OC)cc(Cl)cc1P(c1ccccc1)c1ccccc1. The van der Waals surface area contributed by atoms with E-state index in [2.05, 4.69) is 133 Å². The maximum Gasteiger partial charge on any atom is 0.129 e. The van der Waals surface area contributed by atoms with E-state index in [1.54, 1.807) is 14.2 Å². The highest BCUT2D eigenvalue weighted by Crippen LogP contribution is 2.48. The topological polar surface area (TPSA) is 18.5 Å². The molecule has 0 unspecified atom stereocenters. The number of methoxy groups -OCH3 is 2. The molecule has 218 valence electrons. The first-order valence-corrected chi connectivity index (χ1v) is 17.6. The number of hydrogen-bond acceptors (Lipinski definition) is 2. The molecule has 0 heterocycles. The van der Waals surface area contributed by atoms with Crippen molar-refractivity contribution in [1.29, 1.82) is 0 Å². The fraction of sp³-hybridized carbons (Fsp3) is 0.0526. The summed E-state index contributed by atoms with van der Waals surface area (Å²) in [5.74, 6) is 1.37. The zero-order valence-corrected chi connectivity index (χ0v) is 27.6. The smallest absolute Gasteiger partial charge is 0.129 e. The van der Waals surface area contributed by atoms with Crippen LogP contribution in [0.3, 0.4) is 0 Å². The van der Waals surface area contributed by atoms with Crippen LogP contribution in [0, 0.1) is 0 Å². The van der Waals surface area contributed by atoms with Gasteiger partial charge in [0.15, 0.2) is 0 Å². The molecule has 0 saturated carbocycles. The van der Waals surface area contributed by atoms with Gasteiger partial charge in [-0.2, -0.15) is 0 Å². The summed E-state index contributed by atoms with van der Waals surface area (Å²) >= 11 is 13.8. The Labute approximate surface area is 271 Å². The van der Waals surface area contributed by atoms with Gasteiger partial charge < -0.3 is 9.47 Å². The molecule has 6 aromatic carbocycles. The zero-order valence-electron chi connectivity index (χ0n) is 24.3. The van der Waals surface area contributed by atoms with E-state index in [-0.39, 0.29) is 0 Å². The molecule has 0 bridgehead atoms. The summed E-state index contributed by atoms with van der Waals surface area (Å²) in [7, 11) is 1.32. The van der Waals surface area contributed by atoms with Crippen LogP contribution in [-0.2, 0) is 0 Å². The van der Waals surface area contributed by atoms with Gasteiger partial charge in [-0.1, -0.05) is 145 Å². The number of rotatable bonds is 9. The van der Waals surface area contributed by atoms with Gasteiger partial charge in [-0.15, -0.1) is 0 Å². The molecular formula is C38H30Cl2O2P2. The van der Waals surface area contributed by atoms with Gasteiger partial charge in [-0.25, -0.2) is 0 Å². The lowest BCUT2D eigenvalue weighted by atomic mass is 10.0. The number of halogens is 2. The Bertz CT molecular complexity index is 1630. The third-order valence-corrected chi connectivity index (χ3v) is 12.7. The first-order chi connectivity index (χ1) is 21.6. The van der Waals surface area contributed by atoms with Crippen LogP contribution in [0.15, 0.2) is 146 Å². The molecule has 44 heavy (non-hydrogen) atoms. The van der Waals surface area contributed by atoms with Gasteiger partial charge >= 0.3 is 0 Å². The molecule has 0 saturated heterocycles. The van der Waals surface area contributed by atoms with Gasteiger partial charge in [0, 0.05) is 21.2 Å². The van der Waals surface area contributed by atoms with Gasteiger partial charge in [-0.05, 0) is 71.9 Å². The highest BCUT2D eigenvalue weighted by atomic mass is 35.5. The summed E-state index contributed by atoms with van der Waals surface area (Å²) in [5, 5.41) is 8.23. The molecule has 0 fully saturated rings. The largest absolute Gasteiger partial charge is 0.496 e. The number of benzene rings is 6. The van der Waals surface area contributed by atoms with E-state index in [0.717, 1.165) is 21.7 Å². The Hall–Kier alpha value is -3.64. The molecule has 0 aliphatic rings. The summed E-state index contributed by atoms with van der Waals surface area (Å²) in [4.78, 5) is 0. The van der Waals surface area contributed by atoms with Crippen LogP contribution >= 0.6 is 39.0 Å². The number of ether oxygens (including phenoxy) is 2. The molecule has 6 heteroatoms. The monoisotopic (exact) mass is 650 g/mol. The van der Waals surface area contributed by atoms with Crippen molar-refractivity contribution in [2.45, 2.75) is 0 Å². The summed E-state index contributed by atoms with van der Waals surface area (Å²) in [5.41, 5.74) is 1.91. The van der Waals surface area contributed by atoms with Crippen LogP contribution in [0.25, 0.3) is 11.1 Å². The Kier molecular flexibility index (Phi) is 9.66. The molecule has 0 spiro atoms. The molecule has 0 atom stereocenters. The maximum atomic E-state index is 6.88. The van der Waals surface area contributed by atoms with Crippen molar-refractivity contribution in [2.24, 2.45) is 0 Å². The molecule has 0 aliphatic heterocycles. The van der Waals surface area contributed by atoms with Crippen molar-refractivity contribution >= 4 is 70.9 Å². The minimum absolute atomic E-state index is 0.614. The molecule has 2 nitrogen and oxygen atoms in total. The Morgan fingerprint density at radius 1 is 0.409 bits per heavy atom. The number of hydrogen-bond donors (Lipinski definition) is 0. The summed E-state index contributed by atoms with van der Waals surface area (Å²) in [6.45, 7) is 0. The Balaban J connectivity index is 1.74. The summed E-state index contributed by atoms with van der Waals surface area (Å²) in [6, 6.07) is 50.4. The predicted octanol–water partition coefficient (Wildman–Crippen LogP) is 8.19. The average Bonchev–Trinajstić information content (AvgIpc) is 3.07. The molecule has 0 aromatic heterocycles. The van der Waals surface area contributed by atoms with Crippen LogP contribution in [0.1, 0.15) is 0 Å². The minimum Gasteiger partial charge on any atom is -0.496 e. The second-order valence-electron chi connectivity index (χ2n) is 10.0. The van der Waals surface area contributed by atoms with Gasteiger partial charge in [0.25, 0.3) is 0 Å². The second-order valence-corrected chi connectivity index (χ2v) is 15.3. The first kappa shape index (κ1) is 30.4. The van der Waals surface area contributed by atoms with Gasteiger partial charge in [-0.3, -0.25) is 0 Å².